The highest BCUT2D eigenvalue weighted by molar-refractivity contribution is 5.92. The van der Waals surface area contributed by atoms with Gasteiger partial charge in [-0.2, -0.15) is 0 Å². The fourth-order valence-electron chi connectivity index (χ4n) is 2.95. The quantitative estimate of drug-likeness (QED) is 0.909. The molecule has 1 fully saturated rings. The Morgan fingerprint density at radius 3 is 2.70 bits per heavy atom. The van der Waals surface area contributed by atoms with Crippen molar-refractivity contribution in [3.8, 4) is 0 Å². The number of amides is 1. The number of aryl methyl sites for hydroxylation is 1. The van der Waals surface area contributed by atoms with Gasteiger partial charge in [0.1, 0.15) is 0 Å². The van der Waals surface area contributed by atoms with E-state index in [1.54, 1.807) is 0 Å². The molecule has 0 aliphatic carbocycles. The van der Waals surface area contributed by atoms with Gasteiger partial charge in [-0.05, 0) is 31.9 Å². The van der Waals surface area contributed by atoms with Gasteiger partial charge in [-0.15, -0.1) is 0 Å². The van der Waals surface area contributed by atoms with E-state index < -0.39 is 0 Å². The lowest BCUT2D eigenvalue weighted by molar-refractivity contribution is -0.122. The number of hydrogen-bond donors (Lipinski definition) is 1. The molecule has 4 nitrogen and oxygen atoms in total. The first kappa shape index (κ1) is 12.9. The highest BCUT2D eigenvalue weighted by Gasteiger charge is 2.24. The maximum atomic E-state index is 11.3. The van der Waals surface area contributed by atoms with E-state index in [9.17, 15) is 4.79 Å². The van der Waals surface area contributed by atoms with Crippen LogP contribution in [0.3, 0.4) is 0 Å². The summed E-state index contributed by atoms with van der Waals surface area (Å²) in [5, 5.41) is 1.18. The Morgan fingerprint density at radius 1 is 1.30 bits per heavy atom. The molecule has 0 radical (unpaired) electrons. The second-order valence-corrected chi connectivity index (χ2v) is 5.46. The molecular formula is C16H19N3O. The number of rotatable bonds is 2. The van der Waals surface area contributed by atoms with Gasteiger partial charge in [0.15, 0.2) is 0 Å². The Balaban J connectivity index is 1.93. The molecule has 0 saturated carbocycles. The topological polar surface area (TPSA) is 59.2 Å². The number of para-hydroxylation sites is 1. The SMILES string of the molecule is Cc1cc(N2CCC(C(N)=O)CC2)c2ccccc2n1. The number of fused-ring (bicyclic) bond motifs is 1. The molecule has 0 spiro atoms. The molecule has 1 aromatic heterocycles. The van der Waals surface area contributed by atoms with Gasteiger partial charge in [-0.1, -0.05) is 18.2 Å². The maximum Gasteiger partial charge on any atom is 0.220 e. The summed E-state index contributed by atoms with van der Waals surface area (Å²) in [4.78, 5) is 18.2. The van der Waals surface area contributed by atoms with E-state index >= 15 is 0 Å². The summed E-state index contributed by atoms with van der Waals surface area (Å²) in [7, 11) is 0. The smallest absolute Gasteiger partial charge is 0.220 e. The fourth-order valence-corrected chi connectivity index (χ4v) is 2.95. The number of pyridine rings is 1. The normalized spacial score (nSPS) is 16.6. The van der Waals surface area contributed by atoms with Crippen molar-refractivity contribution in [3.05, 3.63) is 36.0 Å². The zero-order valence-corrected chi connectivity index (χ0v) is 11.7. The summed E-state index contributed by atoms with van der Waals surface area (Å²) in [6, 6.07) is 10.3. The van der Waals surface area contributed by atoms with Crippen molar-refractivity contribution in [1.82, 2.24) is 4.98 Å². The standard InChI is InChI=1S/C16H19N3O/c1-11-10-15(13-4-2-3-5-14(13)18-11)19-8-6-12(7-9-19)16(17)20/h2-5,10,12H,6-9H2,1H3,(H2,17,20). The Labute approximate surface area is 118 Å². The van der Waals surface area contributed by atoms with Crippen LogP contribution in [0.1, 0.15) is 18.5 Å². The molecule has 2 aromatic rings. The minimum Gasteiger partial charge on any atom is -0.371 e. The number of benzene rings is 1. The number of piperidine rings is 1. The molecule has 1 amide bonds. The molecule has 1 aliphatic heterocycles. The number of nitrogens with zero attached hydrogens (tertiary/aromatic N) is 2. The van der Waals surface area contributed by atoms with Crippen LogP contribution in [-0.2, 0) is 4.79 Å². The van der Waals surface area contributed by atoms with Crippen LogP contribution in [0.2, 0.25) is 0 Å². The van der Waals surface area contributed by atoms with Crippen molar-refractivity contribution in [2.45, 2.75) is 19.8 Å². The fraction of sp³-hybridized carbons (Fsp3) is 0.375. The van der Waals surface area contributed by atoms with E-state index in [4.69, 9.17) is 5.73 Å². The molecule has 1 aromatic carbocycles. The first-order valence-electron chi connectivity index (χ1n) is 7.06. The minimum atomic E-state index is -0.166. The van der Waals surface area contributed by atoms with E-state index in [-0.39, 0.29) is 11.8 Å². The van der Waals surface area contributed by atoms with Crippen LogP contribution >= 0.6 is 0 Å². The molecule has 0 atom stereocenters. The first-order chi connectivity index (χ1) is 9.65. The van der Waals surface area contributed by atoms with Crippen molar-refractivity contribution in [2.24, 2.45) is 11.7 Å². The number of anilines is 1. The number of carbonyl (C=O) groups is 1. The number of primary amides is 1. The van der Waals surface area contributed by atoms with Crippen LogP contribution in [0.5, 0.6) is 0 Å². The molecule has 3 rings (SSSR count). The number of hydrogen-bond acceptors (Lipinski definition) is 3. The van der Waals surface area contributed by atoms with Crippen LogP contribution in [-0.4, -0.2) is 24.0 Å². The predicted molar refractivity (Wildman–Crippen MR) is 80.6 cm³/mol. The lowest BCUT2D eigenvalue weighted by atomic mass is 9.95. The van der Waals surface area contributed by atoms with Crippen molar-refractivity contribution in [2.75, 3.05) is 18.0 Å². The van der Waals surface area contributed by atoms with E-state index in [1.165, 1.54) is 11.1 Å². The maximum absolute atomic E-state index is 11.3. The van der Waals surface area contributed by atoms with Crippen LogP contribution in [0.25, 0.3) is 10.9 Å². The first-order valence-corrected chi connectivity index (χ1v) is 7.06. The van der Waals surface area contributed by atoms with E-state index in [2.05, 4.69) is 22.0 Å². The highest BCUT2D eigenvalue weighted by Crippen LogP contribution is 2.30. The summed E-state index contributed by atoms with van der Waals surface area (Å²) >= 11 is 0. The molecule has 2 N–H and O–H groups in total. The summed E-state index contributed by atoms with van der Waals surface area (Å²) in [5.74, 6) is -0.138. The van der Waals surface area contributed by atoms with Gasteiger partial charge in [0, 0.05) is 35.8 Å². The summed E-state index contributed by atoms with van der Waals surface area (Å²) in [5.41, 5.74) is 8.67. The molecule has 0 bridgehead atoms. The van der Waals surface area contributed by atoms with Crippen LogP contribution in [0, 0.1) is 12.8 Å². The number of nitrogens with two attached hydrogens (primary N) is 1. The summed E-state index contributed by atoms with van der Waals surface area (Å²) in [6.45, 7) is 3.77. The average molecular weight is 269 g/mol. The van der Waals surface area contributed by atoms with Gasteiger partial charge in [0.25, 0.3) is 0 Å². The zero-order valence-electron chi connectivity index (χ0n) is 11.7. The van der Waals surface area contributed by atoms with Gasteiger partial charge in [-0.25, -0.2) is 0 Å². The van der Waals surface area contributed by atoms with Crippen molar-refractivity contribution in [1.29, 1.82) is 0 Å². The van der Waals surface area contributed by atoms with Gasteiger partial charge in [0.05, 0.1) is 5.52 Å². The Hall–Kier alpha value is -2.10. The minimum absolute atomic E-state index is 0.0282. The van der Waals surface area contributed by atoms with Crippen molar-refractivity contribution in [3.63, 3.8) is 0 Å². The third kappa shape index (κ3) is 2.33. The number of aromatic nitrogens is 1. The predicted octanol–water partition coefficient (Wildman–Crippen LogP) is 2.24. The van der Waals surface area contributed by atoms with E-state index in [1.807, 2.05) is 25.1 Å². The van der Waals surface area contributed by atoms with Crippen LogP contribution in [0.4, 0.5) is 5.69 Å². The lowest BCUT2D eigenvalue weighted by Gasteiger charge is -2.33. The Bertz CT molecular complexity index is 645. The number of carbonyl (C=O) groups excluding carboxylic acids is 1. The van der Waals surface area contributed by atoms with E-state index in [0.29, 0.717) is 0 Å². The van der Waals surface area contributed by atoms with Gasteiger partial charge < -0.3 is 10.6 Å². The zero-order chi connectivity index (χ0) is 14.1. The van der Waals surface area contributed by atoms with Gasteiger partial charge in [0.2, 0.25) is 5.91 Å². The average Bonchev–Trinajstić information content (AvgIpc) is 2.46. The van der Waals surface area contributed by atoms with E-state index in [0.717, 1.165) is 37.1 Å². The largest absolute Gasteiger partial charge is 0.371 e. The molecule has 20 heavy (non-hydrogen) atoms. The van der Waals surface area contributed by atoms with Crippen molar-refractivity contribution >= 4 is 22.5 Å². The molecule has 2 heterocycles. The van der Waals surface area contributed by atoms with Crippen LogP contribution < -0.4 is 10.6 Å². The Morgan fingerprint density at radius 2 is 2.00 bits per heavy atom. The third-order valence-corrected chi connectivity index (χ3v) is 4.06. The van der Waals surface area contributed by atoms with Gasteiger partial charge >= 0.3 is 0 Å². The molecule has 1 saturated heterocycles. The second-order valence-electron chi connectivity index (χ2n) is 5.46. The highest BCUT2D eigenvalue weighted by atomic mass is 16.1. The molecule has 0 unspecified atom stereocenters. The Kier molecular flexibility index (Phi) is 3.30. The second kappa shape index (κ2) is 5.12. The lowest BCUT2D eigenvalue weighted by Crippen LogP contribution is -2.38. The monoisotopic (exact) mass is 269 g/mol. The van der Waals surface area contributed by atoms with Crippen molar-refractivity contribution < 1.29 is 4.79 Å². The molecule has 1 aliphatic rings. The third-order valence-electron chi connectivity index (χ3n) is 4.06. The molecular weight excluding hydrogens is 250 g/mol. The molecule has 4 heteroatoms. The molecule has 104 valence electrons. The van der Waals surface area contributed by atoms with Gasteiger partial charge in [-0.3, -0.25) is 9.78 Å². The summed E-state index contributed by atoms with van der Waals surface area (Å²) < 4.78 is 0. The summed E-state index contributed by atoms with van der Waals surface area (Å²) in [6.07, 6.45) is 1.68. The van der Waals surface area contributed by atoms with Crippen LogP contribution in [0.15, 0.2) is 30.3 Å².